The minimum atomic E-state index is 0.309. The number of rotatable bonds is 1. The van der Waals surface area contributed by atoms with Gasteiger partial charge < -0.3 is 10.5 Å². The minimum absolute atomic E-state index is 0.309. The predicted molar refractivity (Wildman–Crippen MR) is 74.1 cm³/mol. The summed E-state index contributed by atoms with van der Waals surface area (Å²) in [5.74, 6) is 1.30. The van der Waals surface area contributed by atoms with Gasteiger partial charge in [0.25, 0.3) is 0 Å². The number of hydrogen-bond acceptors (Lipinski definition) is 2. The Bertz CT molecular complexity index is 590. The van der Waals surface area contributed by atoms with Gasteiger partial charge in [-0.3, -0.25) is 0 Å². The quantitative estimate of drug-likeness (QED) is 0.774. The molecule has 2 heteroatoms. The molecule has 2 aromatic rings. The molecule has 0 fully saturated rings. The highest BCUT2D eigenvalue weighted by Gasteiger charge is 2.28. The number of aryl methyl sites for hydroxylation is 1. The Hall–Kier alpha value is -1.96. The van der Waals surface area contributed by atoms with Gasteiger partial charge in [-0.2, -0.15) is 0 Å². The number of nitrogens with two attached hydrogens (primary N) is 1. The molecule has 0 aliphatic carbocycles. The number of benzene rings is 2. The fraction of sp³-hybridized carbons (Fsp3) is 0.250. The van der Waals surface area contributed by atoms with E-state index in [1.54, 1.807) is 0 Å². The lowest BCUT2D eigenvalue weighted by Crippen LogP contribution is -2.04. The second-order valence-corrected chi connectivity index (χ2v) is 4.92. The lowest BCUT2D eigenvalue weighted by molar-refractivity contribution is 0.343. The average Bonchev–Trinajstić information content (AvgIpc) is 2.81. The second-order valence-electron chi connectivity index (χ2n) is 4.92. The SMILES string of the molecule is Cc1cc2c(c(C)c1N)[C@@H](c1ccccc1)CO2. The summed E-state index contributed by atoms with van der Waals surface area (Å²) in [6.45, 7) is 4.83. The molecule has 92 valence electrons. The highest BCUT2D eigenvalue weighted by atomic mass is 16.5. The number of nitrogen functional groups attached to an aromatic ring is 1. The molecule has 1 heterocycles. The number of hydrogen-bond donors (Lipinski definition) is 1. The minimum Gasteiger partial charge on any atom is -0.492 e. The van der Waals surface area contributed by atoms with Crippen molar-refractivity contribution in [3.8, 4) is 5.75 Å². The van der Waals surface area contributed by atoms with Crippen LogP contribution >= 0.6 is 0 Å². The van der Waals surface area contributed by atoms with E-state index in [-0.39, 0.29) is 0 Å². The lowest BCUT2D eigenvalue weighted by Gasteiger charge is -2.14. The molecule has 3 rings (SSSR count). The number of anilines is 1. The van der Waals surface area contributed by atoms with Crippen LogP contribution in [-0.4, -0.2) is 6.61 Å². The first kappa shape index (κ1) is 11.1. The Kier molecular flexibility index (Phi) is 2.51. The molecule has 0 radical (unpaired) electrons. The van der Waals surface area contributed by atoms with Gasteiger partial charge in [-0.15, -0.1) is 0 Å². The highest BCUT2D eigenvalue weighted by Crippen LogP contribution is 2.43. The van der Waals surface area contributed by atoms with E-state index in [1.165, 1.54) is 11.1 Å². The third-order valence-corrected chi connectivity index (χ3v) is 3.80. The van der Waals surface area contributed by atoms with E-state index in [1.807, 2.05) is 13.0 Å². The maximum absolute atomic E-state index is 6.14. The second kappa shape index (κ2) is 4.05. The first-order chi connectivity index (χ1) is 8.68. The molecule has 2 aromatic carbocycles. The van der Waals surface area contributed by atoms with Crippen LogP contribution in [0.2, 0.25) is 0 Å². The molecule has 0 aromatic heterocycles. The van der Waals surface area contributed by atoms with Crippen LogP contribution in [0.5, 0.6) is 5.75 Å². The summed E-state index contributed by atoms with van der Waals surface area (Å²) in [5, 5.41) is 0. The molecule has 18 heavy (non-hydrogen) atoms. The van der Waals surface area contributed by atoms with Crippen LogP contribution in [0.1, 0.15) is 28.2 Å². The molecule has 0 bridgehead atoms. The molecule has 0 saturated heterocycles. The van der Waals surface area contributed by atoms with Gasteiger partial charge in [-0.25, -0.2) is 0 Å². The van der Waals surface area contributed by atoms with E-state index < -0.39 is 0 Å². The van der Waals surface area contributed by atoms with Gasteiger partial charge in [0, 0.05) is 17.2 Å². The summed E-state index contributed by atoms with van der Waals surface area (Å²) < 4.78 is 5.83. The molecule has 0 amide bonds. The van der Waals surface area contributed by atoms with Gasteiger partial charge in [-0.1, -0.05) is 30.3 Å². The molecule has 0 unspecified atom stereocenters. The van der Waals surface area contributed by atoms with Gasteiger partial charge in [0.1, 0.15) is 5.75 Å². The van der Waals surface area contributed by atoms with Crippen molar-refractivity contribution in [3.63, 3.8) is 0 Å². The summed E-state index contributed by atoms with van der Waals surface area (Å²) >= 11 is 0. The summed E-state index contributed by atoms with van der Waals surface area (Å²) in [7, 11) is 0. The smallest absolute Gasteiger partial charge is 0.123 e. The van der Waals surface area contributed by atoms with Crippen LogP contribution in [0.15, 0.2) is 36.4 Å². The van der Waals surface area contributed by atoms with Gasteiger partial charge in [0.2, 0.25) is 0 Å². The van der Waals surface area contributed by atoms with Crippen LogP contribution in [0.3, 0.4) is 0 Å². The van der Waals surface area contributed by atoms with E-state index in [4.69, 9.17) is 10.5 Å². The van der Waals surface area contributed by atoms with Crippen molar-refractivity contribution in [2.24, 2.45) is 0 Å². The van der Waals surface area contributed by atoms with Crippen LogP contribution < -0.4 is 10.5 Å². The molecule has 1 aliphatic heterocycles. The zero-order valence-corrected chi connectivity index (χ0v) is 10.7. The van der Waals surface area contributed by atoms with E-state index in [0.717, 1.165) is 22.6 Å². The third kappa shape index (κ3) is 1.57. The Morgan fingerprint density at radius 3 is 2.61 bits per heavy atom. The molecule has 1 atom stereocenters. The van der Waals surface area contributed by atoms with Gasteiger partial charge >= 0.3 is 0 Å². The maximum atomic E-state index is 6.14. The summed E-state index contributed by atoms with van der Waals surface area (Å²) in [5.41, 5.74) is 11.8. The van der Waals surface area contributed by atoms with Crippen LogP contribution in [-0.2, 0) is 0 Å². The van der Waals surface area contributed by atoms with Crippen molar-refractivity contribution in [1.82, 2.24) is 0 Å². The van der Waals surface area contributed by atoms with Gasteiger partial charge in [-0.05, 0) is 36.6 Å². The summed E-state index contributed by atoms with van der Waals surface area (Å²) in [6, 6.07) is 12.5. The normalized spacial score (nSPS) is 17.3. The van der Waals surface area contributed by atoms with Crippen molar-refractivity contribution in [3.05, 3.63) is 58.7 Å². The van der Waals surface area contributed by atoms with E-state index in [0.29, 0.717) is 12.5 Å². The van der Waals surface area contributed by atoms with Crippen molar-refractivity contribution >= 4 is 5.69 Å². The molecular formula is C16H17NO. The van der Waals surface area contributed by atoms with Gasteiger partial charge in [0.05, 0.1) is 6.61 Å². The van der Waals surface area contributed by atoms with E-state index in [9.17, 15) is 0 Å². The Morgan fingerprint density at radius 1 is 1.17 bits per heavy atom. The molecule has 2 nitrogen and oxygen atoms in total. The van der Waals surface area contributed by atoms with E-state index >= 15 is 0 Å². The zero-order chi connectivity index (χ0) is 12.7. The lowest BCUT2D eigenvalue weighted by atomic mass is 9.88. The van der Waals surface area contributed by atoms with Crippen molar-refractivity contribution < 1.29 is 4.74 Å². The highest BCUT2D eigenvalue weighted by molar-refractivity contribution is 5.64. The first-order valence-electron chi connectivity index (χ1n) is 6.26. The summed E-state index contributed by atoms with van der Waals surface area (Å²) in [4.78, 5) is 0. The zero-order valence-electron chi connectivity index (χ0n) is 10.7. The fourth-order valence-corrected chi connectivity index (χ4v) is 2.73. The van der Waals surface area contributed by atoms with Gasteiger partial charge in [0.15, 0.2) is 0 Å². The largest absolute Gasteiger partial charge is 0.492 e. The third-order valence-electron chi connectivity index (χ3n) is 3.80. The maximum Gasteiger partial charge on any atom is 0.123 e. The Morgan fingerprint density at radius 2 is 1.89 bits per heavy atom. The van der Waals surface area contributed by atoms with Crippen molar-refractivity contribution in [2.45, 2.75) is 19.8 Å². The van der Waals surface area contributed by atoms with Crippen LogP contribution in [0, 0.1) is 13.8 Å². The van der Waals surface area contributed by atoms with E-state index in [2.05, 4.69) is 37.3 Å². The molecule has 0 spiro atoms. The van der Waals surface area contributed by atoms with Crippen LogP contribution in [0.25, 0.3) is 0 Å². The fourth-order valence-electron chi connectivity index (χ4n) is 2.73. The average molecular weight is 239 g/mol. The monoisotopic (exact) mass is 239 g/mol. The standard InChI is InChI=1S/C16H17NO/c1-10-8-14-15(11(2)16(10)17)13(9-18-14)12-6-4-3-5-7-12/h3-8,13H,9,17H2,1-2H3/t13-/m1/s1. The predicted octanol–water partition coefficient (Wildman–Crippen LogP) is 3.41. The molecule has 0 saturated carbocycles. The Labute approximate surface area is 107 Å². The first-order valence-corrected chi connectivity index (χ1v) is 6.26. The molecule has 2 N–H and O–H groups in total. The van der Waals surface area contributed by atoms with Crippen molar-refractivity contribution in [1.29, 1.82) is 0 Å². The Balaban J connectivity index is 2.15. The van der Waals surface area contributed by atoms with Crippen molar-refractivity contribution in [2.75, 3.05) is 12.3 Å². The topological polar surface area (TPSA) is 35.2 Å². The van der Waals surface area contributed by atoms with Crippen LogP contribution in [0.4, 0.5) is 5.69 Å². The molecular weight excluding hydrogens is 222 g/mol. The summed E-state index contributed by atoms with van der Waals surface area (Å²) in [6.07, 6.45) is 0. The molecule has 1 aliphatic rings. The number of fused-ring (bicyclic) bond motifs is 1. The number of ether oxygens (including phenoxy) is 1.